The molecule has 0 fully saturated rings. The first kappa shape index (κ1) is 16.2. The van der Waals surface area contributed by atoms with E-state index in [0.717, 1.165) is 6.07 Å². The predicted molar refractivity (Wildman–Crippen MR) is 77.7 cm³/mol. The van der Waals surface area contributed by atoms with E-state index in [1.54, 1.807) is 0 Å². The van der Waals surface area contributed by atoms with E-state index in [1.165, 1.54) is 6.07 Å². The van der Waals surface area contributed by atoms with Gasteiger partial charge in [0.15, 0.2) is 0 Å². The fraction of sp³-hybridized carbons (Fsp3) is 0.417. The molecule has 0 bridgehead atoms. The number of amides is 1. The molecule has 0 unspecified atom stereocenters. The van der Waals surface area contributed by atoms with Gasteiger partial charge in [-0.1, -0.05) is 32.4 Å². The van der Waals surface area contributed by atoms with E-state index >= 15 is 0 Å². The van der Waals surface area contributed by atoms with Crippen molar-refractivity contribution in [3.8, 4) is 0 Å². The molecule has 4 N–H and O–H groups in total. The lowest BCUT2D eigenvalue weighted by molar-refractivity contribution is -0.384. The Labute approximate surface area is 121 Å². The molecular weight excluding hydrogens is 284 g/mol. The Kier molecular flexibility index (Phi) is 4.91. The van der Waals surface area contributed by atoms with Crippen LogP contribution in [0.5, 0.6) is 0 Å². The van der Waals surface area contributed by atoms with Gasteiger partial charge in [-0.25, -0.2) is 0 Å². The van der Waals surface area contributed by atoms with Gasteiger partial charge in [0.25, 0.3) is 11.6 Å². The number of nitro groups is 1. The molecule has 8 heteroatoms. The zero-order valence-corrected chi connectivity index (χ0v) is 12.2. The zero-order valence-electron chi connectivity index (χ0n) is 11.5. The highest BCUT2D eigenvalue weighted by Gasteiger charge is 2.21. The van der Waals surface area contributed by atoms with Crippen LogP contribution in [0, 0.1) is 15.5 Å². The van der Waals surface area contributed by atoms with Gasteiger partial charge in [-0.2, -0.15) is 0 Å². The Hall–Kier alpha value is -1.86. The molecule has 0 atom stereocenters. The van der Waals surface area contributed by atoms with Gasteiger partial charge in [0.05, 0.1) is 9.95 Å². The van der Waals surface area contributed by atoms with Crippen molar-refractivity contribution in [2.75, 3.05) is 12.0 Å². The molecule has 0 spiro atoms. The highest BCUT2D eigenvalue weighted by molar-refractivity contribution is 6.34. The van der Waals surface area contributed by atoms with E-state index in [4.69, 9.17) is 17.4 Å². The average Bonchev–Trinajstić information content (AvgIpc) is 2.33. The van der Waals surface area contributed by atoms with Crippen LogP contribution in [0.2, 0.25) is 5.02 Å². The molecule has 0 saturated heterocycles. The summed E-state index contributed by atoms with van der Waals surface area (Å²) >= 11 is 5.89. The molecule has 0 aliphatic heterocycles. The van der Waals surface area contributed by atoms with Crippen LogP contribution in [0.1, 0.15) is 31.1 Å². The molecule has 0 aliphatic rings. The maximum Gasteiger partial charge on any atom is 0.295 e. The van der Waals surface area contributed by atoms with E-state index in [0.29, 0.717) is 6.54 Å². The minimum absolute atomic E-state index is 0.0163. The normalized spacial score (nSPS) is 11.1. The smallest absolute Gasteiger partial charge is 0.295 e. The Morgan fingerprint density at radius 2 is 2.05 bits per heavy atom. The number of nitrogen functional groups attached to an aromatic ring is 1. The SMILES string of the molecule is CC(C)(C)CNC(=O)c1cc(Cl)c(NN)c([N+](=O)[O-])c1. The minimum Gasteiger partial charge on any atom is -0.352 e. The summed E-state index contributed by atoms with van der Waals surface area (Å²) in [5.74, 6) is 4.77. The van der Waals surface area contributed by atoms with Gasteiger partial charge in [0, 0.05) is 18.2 Å². The molecular formula is C12H17ClN4O3. The standard InChI is InChI=1S/C12H17ClN4O3/c1-12(2,3)6-15-11(18)7-4-8(13)10(16-14)9(5-7)17(19)20/h4-5,16H,6,14H2,1-3H3,(H,15,18). The van der Waals surface area contributed by atoms with Crippen molar-refractivity contribution in [1.29, 1.82) is 0 Å². The Bertz CT molecular complexity index is 540. The van der Waals surface area contributed by atoms with Gasteiger partial charge in [-0.15, -0.1) is 0 Å². The van der Waals surface area contributed by atoms with Crippen LogP contribution in [0.25, 0.3) is 0 Å². The summed E-state index contributed by atoms with van der Waals surface area (Å²) in [5, 5.41) is 13.7. The molecule has 110 valence electrons. The van der Waals surface area contributed by atoms with Crippen molar-refractivity contribution in [2.45, 2.75) is 20.8 Å². The highest BCUT2D eigenvalue weighted by Crippen LogP contribution is 2.33. The second kappa shape index (κ2) is 6.06. The molecule has 1 aromatic carbocycles. The number of hydrazine groups is 1. The summed E-state index contributed by atoms with van der Waals surface area (Å²) in [4.78, 5) is 22.3. The summed E-state index contributed by atoms with van der Waals surface area (Å²) in [6.07, 6.45) is 0. The van der Waals surface area contributed by atoms with Gasteiger partial charge in [0.1, 0.15) is 5.69 Å². The Morgan fingerprint density at radius 1 is 1.45 bits per heavy atom. The van der Waals surface area contributed by atoms with E-state index in [-0.39, 0.29) is 27.4 Å². The Balaban J connectivity index is 3.08. The van der Waals surface area contributed by atoms with Crippen LogP contribution in [-0.4, -0.2) is 17.4 Å². The molecule has 0 aliphatic carbocycles. The van der Waals surface area contributed by atoms with E-state index in [1.807, 2.05) is 20.8 Å². The Morgan fingerprint density at radius 3 is 2.50 bits per heavy atom. The van der Waals surface area contributed by atoms with Crippen LogP contribution >= 0.6 is 11.6 Å². The number of halogens is 1. The number of anilines is 1. The number of carbonyl (C=O) groups excluding carboxylic acids is 1. The summed E-state index contributed by atoms with van der Waals surface area (Å²) in [5.41, 5.74) is 1.81. The van der Waals surface area contributed by atoms with Crippen molar-refractivity contribution in [2.24, 2.45) is 11.3 Å². The fourth-order valence-electron chi connectivity index (χ4n) is 1.46. The molecule has 0 aromatic heterocycles. The monoisotopic (exact) mass is 300 g/mol. The molecule has 1 amide bonds. The van der Waals surface area contributed by atoms with Gasteiger partial charge in [-0.3, -0.25) is 20.8 Å². The highest BCUT2D eigenvalue weighted by atomic mass is 35.5. The van der Waals surface area contributed by atoms with Crippen LogP contribution in [0.15, 0.2) is 12.1 Å². The van der Waals surface area contributed by atoms with Crippen LogP contribution < -0.4 is 16.6 Å². The number of carbonyl (C=O) groups is 1. The minimum atomic E-state index is -0.651. The van der Waals surface area contributed by atoms with Crippen molar-refractivity contribution >= 4 is 28.9 Å². The second-order valence-corrected chi connectivity index (χ2v) is 5.90. The molecule has 0 heterocycles. The van der Waals surface area contributed by atoms with Crippen molar-refractivity contribution in [1.82, 2.24) is 5.32 Å². The maximum atomic E-state index is 12.0. The topological polar surface area (TPSA) is 110 Å². The number of nitrogens with zero attached hydrogens (tertiary/aromatic N) is 1. The number of nitro benzene ring substituents is 1. The number of benzene rings is 1. The predicted octanol–water partition coefficient (Wildman–Crippen LogP) is 2.31. The van der Waals surface area contributed by atoms with Crippen LogP contribution in [-0.2, 0) is 0 Å². The number of hydrogen-bond acceptors (Lipinski definition) is 5. The third-order valence-corrected chi connectivity index (χ3v) is 2.75. The third-order valence-electron chi connectivity index (χ3n) is 2.45. The van der Waals surface area contributed by atoms with E-state index in [9.17, 15) is 14.9 Å². The molecule has 0 saturated carbocycles. The summed E-state index contributed by atoms with van der Waals surface area (Å²) in [7, 11) is 0. The molecule has 1 rings (SSSR count). The van der Waals surface area contributed by atoms with E-state index in [2.05, 4.69) is 10.7 Å². The summed E-state index contributed by atoms with van der Waals surface area (Å²) in [6.45, 7) is 6.33. The van der Waals surface area contributed by atoms with Crippen molar-refractivity contribution in [3.05, 3.63) is 32.8 Å². The maximum absolute atomic E-state index is 12.0. The lowest BCUT2D eigenvalue weighted by Gasteiger charge is -2.18. The molecule has 20 heavy (non-hydrogen) atoms. The molecule has 7 nitrogen and oxygen atoms in total. The summed E-state index contributed by atoms with van der Waals surface area (Å²) in [6, 6.07) is 2.47. The fourth-order valence-corrected chi connectivity index (χ4v) is 1.73. The lowest BCUT2D eigenvalue weighted by atomic mass is 9.97. The van der Waals surface area contributed by atoms with Gasteiger partial charge in [0.2, 0.25) is 0 Å². The van der Waals surface area contributed by atoms with Gasteiger partial charge >= 0.3 is 0 Å². The first-order valence-electron chi connectivity index (χ1n) is 5.88. The third kappa shape index (κ3) is 4.07. The average molecular weight is 301 g/mol. The number of hydrogen-bond donors (Lipinski definition) is 3. The number of nitrogens with one attached hydrogen (secondary N) is 2. The first-order chi connectivity index (χ1) is 9.15. The van der Waals surface area contributed by atoms with Crippen molar-refractivity contribution < 1.29 is 9.72 Å². The number of rotatable bonds is 4. The molecule has 0 radical (unpaired) electrons. The van der Waals surface area contributed by atoms with Crippen LogP contribution in [0.3, 0.4) is 0 Å². The van der Waals surface area contributed by atoms with Crippen LogP contribution in [0.4, 0.5) is 11.4 Å². The first-order valence-corrected chi connectivity index (χ1v) is 6.26. The largest absolute Gasteiger partial charge is 0.352 e. The summed E-state index contributed by atoms with van der Waals surface area (Å²) < 4.78 is 0. The quantitative estimate of drug-likeness (QED) is 0.449. The number of nitrogens with two attached hydrogens (primary N) is 1. The second-order valence-electron chi connectivity index (χ2n) is 5.50. The van der Waals surface area contributed by atoms with Gasteiger partial charge < -0.3 is 10.7 Å². The zero-order chi connectivity index (χ0) is 15.5. The van der Waals surface area contributed by atoms with Gasteiger partial charge in [-0.05, 0) is 11.5 Å². The molecule has 1 aromatic rings. The van der Waals surface area contributed by atoms with E-state index < -0.39 is 10.8 Å². The lowest BCUT2D eigenvalue weighted by Crippen LogP contribution is -2.32. The van der Waals surface area contributed by atoms with Crippen molar-refractivity contribution in [3.63, 3.8) is 0 Å².